The Hall–Kier alpha value is -0.680. The summed E-state index contributed by atoms with van der Waals surface area (Å²) in [4.78, 5) is 0. The van der Waals surface area contributed by atoms with Gasteiger partial charge in [-0.25, -0.2) is 8.78 Å². The van der Waals surface area contributed by atoms with E-state index in [4.69, 9.17) is 4.74 Å². The lowest BCUT2D eigenvalue weighted by Crippen LogP contribution is -2.27. The molecule has 2 nitrogen and oxygen atoms in total. The number of halogens is 3. The molecule has 2 rings (SSSR count). The summed E-state index contributed by atoms with van der Waals surface area (Å²) in [5, 5.41) is 3.03. The van der Waals surface area contributed by atoms with E-state index in [1.165, 1.54) is 6.07 Å². The Morgan fingerprint density at radius 1 is 1.38 bits per heavy atom. The Bertz CT molecular complexity index is 400. The summed E-state index contributed by atoms with van der Waals surface area (Å²) in [5.41, 5.74) is 0.302. The molecule has 88 valence electrons. The zero-order chi connectivity index (χ0) is 11.7. The minimum Gasteiger partial charge on any atom is -0.377 e. The molecule has 1 N–H and O–H groups in total. The second-order valence-corrected chi connectivity index (χ2v) is 4.72. The molecule has 0 spiro atoms. The number of nitrogens with one attached hydrogen (secondary N) is 1. The summed E-state index contributed by atoms with van der Waals surface area (Å²) in [6.07, 6.45) is 0.874. The Labute approximate surface area is 101 Å². The second kappa shape index (κ2) is 4.67. The van der Waals surface area contributed by atoms with Crippen molar-refractivity contribution in [3.8, 4) is 0 Å². The van der Waals surface area contributed by atoms with Crippen LogP contribution in [0.2, 0.25) is 0 Å². The largest absolute Gasteiger partial charge is 0.377 e. The Balaban J connectivity index is 2.18. The van der Waals surface area contributed by atoms with Crippen molar-refractivity contribution < 1.29 is 13.5 Å². The minimum absolute atomic E-state index is 0.0447. The lowest BCUT2D eigenvalue weighted by atomic mass is 10.1. The number of benzene rings is 1. The van der Waals surface area contributed by atoms with Gasteiger partial charge >= 0.3 is 0 Å². The van der Waals surface area contributed by atoms with Crippen molar-refractivity contribution in [3.05, 3.63) is 28.2 Å². The Morgan fingerprint density at radius 2 is 2.12 bits per heavy atom. The maximum absolute atomic E-state index is 13.4. The minimum atomic E-state index is -0.598. The monoisotopic (exact) mass is 291 g/mol. The van der Waals surface area contributed by atoms with E-state index in [-0.39, 0.29) is 16.6 Å². The average Bonchev–Trinajstić information content (AvgIpc) is 2.61. The van der Waals surface area contributed by atoms with Gasteiger partial charge in [0, 0.05) is 12.7 Å². The van der Waals surface area contributed by atoms with Crippen LogP contribution in [0, 0.1) is 11.6 Å². The highest BCUT2D eigenvalue weighted by atomic mass is 79.9. The molecule has 0 bridgehead atoms. The quantitative estimate of drug-likeness (QED) is 0.844. The number of rotatable bonds is 2. The van der Waals surface area contributed by atoms with E-state index in [2.05, 4.69) is 21.2 Å². The first kappa shape index (κ1) is 11.8. The molecule has 1 heterocycles. The van der Waals surface area contributed by atoms with E-state index >= 15 is 0 Å². The molecule has 1 aromatic carbocycles. The zero-order valence-corrected chi connectivity index (χ0v) is 10.4. The smallest absolute Gasteiger partial charge is 0.149 e. The molecule has 0 aliphatic carbocycles. The van der Waals surface area contributed by atoms with Crippen LogP contribution in [0.1, 0.15) is 13.3 Å². The molecule has 1 saturated heterocycles. The molecule has 1 aliphatic rings. The van der Waals surface area contributed by atoms with E-state index in [0.717, 1.165) is 12.5 Å². The van der Waals surface area contributed by atoms with Crippen molar-refractivity contribution in [2.45, 2.75) is 25.5 Å². The third-order valence-electron chi connectivity index (χ3n) is 2.73. The van der Waals surface area contributed by atoms with Crippen molar-refractivity contribution in [3.63, 3.8) is 0 Å². The van der Waals surface area contributed by atoms with E-state index < -0.39 is 11.6 Å². The molecule has 1 fully saturated rings. The van der Waals surface area contributed by atoms with Crippen LogP contribution in [-0.2, 0) is 4.74 Å². The van der Waals surface area contributed by atoms with Gasteiger partial charge in [0.05, 0.1) is 22.3 Å². The first-order valence-corrected chi connectivity index (χ1v) is 5.90. The van der Waals surface area contributed by atoms with Crippen LogP contribution < -0.4 is 5.32 Å². The van der Waals surface area contributed by atoms with Gasteiger partial charge in [0.25, 0.3) is 0 Å². The van der Waals surface area contributed by atoms with Crippen LogP contribution in [-0.4, -0.2) is 18.8 Å². The highest BCUT2D eigenvalue weighted by Crippen LogP contribution is 2.26. The summed E-state index contributed by atoms with van der Waals surface area (Å²) in [6.45, 7) is 2.60. The summed E-state index contributed by atoms with van der Waals surface area (Å²) in [5.74, 6) is -1.18. The third-order valence-corrected chi connectivity index (χ3v) is 3.33. The van der Waals surface area contributed by atoms with Crippen LogP contribution in [0.4, 0.5) is 14.5 Å². The maximum Gasteiger partial charge on any atom is 0.149 e. The summed E-state index contributed by atoms with van der Waals surface area (Å²) < 4.78 is 32.1. The predicted molar refractivity (Wildman–Crippen MR) is 61.5 cm³/mol. The van der Waals surface area contributed by atoms with E-state index in [9.17, 15) is 8.78 Å². The normalized spacial score (nSPS) is 24.8. The molecule has 2 unspecified atom stereocenters. The zero-order valence-electron chi connectivity index (χ0n) is 8.77. The molecular formula is C11H12BrF2NO. The average molecular weight is 292 g/mol. The number of anilines is 1. The topological polar surface area (TPSA) is 21.3 Å². The molecule has 16 heavy (non-hydrogen) atoms. The van der Waals surface area contributed by atoms with Crippen LogP contribution in [0.3, 0.4) is 0 Å². The van der Waals surface area contributed by atoms with E-state index in [0.29, 0.717) is 12.3 Å². The summed E-state index contributed by atoms with van der Waals surface area (Å²) >= 11 is 3.03. The van der Waals surface area contributed by atoms with Gasteiger partial charge in [-0.1, -0.05) is 0 Å². The van der Waals surface area contributed by atoms with Crippen molar-refractivity contribution >= 4 is 21.6 Å². The Kier molecular flexibility index (Phi) is 3.44. The number of hydrogen-bond acceptors (Lipinski definition) is 2. The molecule has 1 aromatic rings. The summed E-state index contributed by atoms with van der Waals surface area (Å²) in [6, 6.07) is 2.36. The lowest BCUT2D eigenvalue weighted by Gasteiger charge is -2.18. The second-order valence-electron chi connectivity index (χ2n) is 3.86. The van der Waals surface area contributed by atoms with E-state index in [1.807, 2.05) is 6.92 Å². The molecule has 0 aromatic heterocycles. The van der Waals surface area contributed by atoms with Crippen molar-refractivity contribution in [1.82, 2.24) is 0 Å². The highest BCUT2D eigenvalue weighted by Gasteiger charge is 2.25. The molecule has 0 amide bonds. The van der Waals surface area contributed by atoms with Gasteiger partial charge in [-0.2, -0.15) is 0 Å². The van der Waals surface area contributed by atoms with Gasteiger partial charge in [-0.3, -0.25) is 0 Å². The first-order valence-electron chi connectivity index (χ1n) is 5.10. The van der Waals surface area contributed by atoms with Crippen LogP contribution in [0.5, 0.6) is 0 Å². The number of hydrogen-bond donors (Lipinski definition) is 1. The fraction of sp³-hybridized carbons (Fsp3) is 0.455. The maximum atomic E-state index is 13.4. The lowest BCUT2D eigenvalue weighted by molar-refractivity contribution is 0.121. The SMILES string of the molecule is CC1OCCC1Nc1cc(Br)c(F)cc1F. The number of ether oxygens (including phenoxy) is 1. The van der Waals surface area contributed by atoms with E-state index in [1.54, 1.807) is 0 Å². The molecule has 0 saturated carbocycles. The van der Waals surface area contributed by atoms with Gasteiger partial charge in [-0.05, 0) is 35.3 Å². The third kappa shape index (κ3) is 2.35. The van der Waals surface area contributed by atoms with Crippen molar-refractivity contribution in [2.24, 2.45) is 0 Å². The molecule has 1 aliphatic heterocycles. The Morgan fingerprint density at radius 3 is 2.75 bits per heavy atom. The van der Waals surface area contributed by atoms with Gasteiger partial charge in [-0.15, -0.1) is 0 Å². The van der Waals surface area contributed by atoms with Gasteiger partial charge in [0.15, 0.2) is 0 Å². The van der Waals surface area contributed by atoms with Gasteiger partial charge in [0.2, 0.25) is 0 Å². The molecular weight excluding hydrogens is 280 g/mol. The molecule has 0 radical (unpaired) electrons. The molecule has 5 heteroatoms. The standard InChI is InChI=1S/C11H12BrF2NO/c1-6-10(2-3-16-6)15-11-4-7(12)8(13)5-9(11)14/h4-6,10,15H,2-3H2,1H3. The fourth-order valence-electron chi connectivity index (χ4n) is 1.75. The van der Waals surface area contributed by atoms with Gasteiger partial charge in [0.1, 0.15) is 11.6 Å². The fourth-order valence-corrected chi connectivity index (χ4v) is 2.10. The van der Waals surface area contributed by atoms with Gasteiger partial charge < -0.3 is 10.1 Å². The van der Waals surface area contributed by atoms with Crippen molar-refractivity contribution in [2.75, 3.05) is 11.9 Å². The van der Waals surface area contributed by atoms with Crippen LogP contribution in [0.15, 0.2) is 16.6 Å². The van der Waals surface area contributed by atoms with Crippen LogP contribution >= 0.6 is 15.9 Å². The molecule has 2 atom stereocenters. The predicted octanol–water partition coefficient (Wildman–Crippen LogP) is 3.32. The van der Waals surface area contributed by atoms with Crippen LogP contribution in [0.25, 0.3) is 0 Å². The van der Waals surface area contributed by atoms with Crippen molar-refractivity contribution in [1.29, 1.82) is 0 Å². The highest BCUT2D eigenvalue weighted by molar-refractivity contribution is 9.10. The summed E-state index contributed by atoms with van der Waals surface area (Å²) in [7, 11) is 0. The first-order chi connectivity index (χ1) is 7.58.